The van der Waals surface area contributed by atoms with Crippen molar-refractivity contribution >= 4 is 17.7 Å². The Labute approximate surface area is 111 Å². The van der Waals surface area contributed by atoms with Crippen LogP contribution in [0, 0.1) is 0 Å². The molecule has 3 unspecified atom stereocenters. The fourth-order valence-corrected chi connectivity index (χ4v) is 4.31. The SMILES string of the molecule is O=C(O)C1CCC(CC2Cc3ccccc3S2)N1. The average molecular weight is 263 g/mol. The van der Waals surface area contributed by atoms with Gasteiger partial charge in [0, 0.05) is 16.2 Å². The first-order chi connectivity index (χ1) is 8.72. The molecule has 0 bridgehead atoms. The zero-order chi connectivity index (χ0) is 12.5. The smallest absolute Gasteiger partial charge is 0.320 e. The molecule has 1 aromatic rings. The first-order valence-corrected chi connectivity index (χ1v) is 7.34. The number of carboxylic acid groups (broad SMARTS) is 1. The highest BCUT2D eigenvalue weighted by atomic mass is 32.2. The maximum atomic E-state index is 10.9. The van der Waals surface area contributed by atoms with Crippen LogP contribution in [0.5, 0.6) is 0 Å². The minimum atomic E-state index is -0.708. The predicted octanol–water partition coefficient (Wildman–Crippen LogP) is 2.30. The van der Waals surface area contributed by atoms with Crippen LogP contribution in [0.15, 0.2) is 29.2 Å². The van der Waals surface area contributed by atoms with E-state index in [9.17, 15) is 4.79 Å². The summed E-state index contributed by atoms with van der Waals surface area (Å²) in [5, 5.41) is 12.8. The number of aliphatic carboxylic acids is 1. The van der Waals surface area contributed by atoms with E-state index in [1.807, 2.05) is 11.8 Å². The lowest BCUT2D eigenvalue weighted by Gasteiger charge is -2.15. The highest BCUT2D eigenvalue weighted by molar-refractivity contribution is 8.00. The number of hydrogen-bond donors (Lipinski definition) is 2. The number of rotatable bonds is 3. The lowest BCUT2D eigenvalue weighted by Crippen LogP contribution is -2.36. The van der Waals surface area contributed by atoms with Crippen molar-refractivity contribution < 1.29 is 9.90 Å². The van der Waals surface area contributed by atoms with E-state index in [-0.39, 0.29) is 6.04 Å². The molecule has 2 N–H and O–H groups in total. The molecule has 0 aliphatic carbocycles. The zero-order valence-corrected chi connectivity index (χ0v) is 11.0. The molecular weight excluding hydrogens is 246 g/mol. The fourth-order valence-electron chi connectivity index (χ4n) is 2.90. The summed E-state index contributed by atoms with van der Waals surface area (Å²) in [5.41, 5.74) is 1.44. The number of fused-ring (bicyclic) bond motifs is 1. The van der Waals surface area contributed by atoms with Crippen molar-refractivity contribution in [3.63, 3.8) is 0 Å². The van der Waals surface area contributed by atoms with Gasteiger partial charge in [0.05, 0.1) is 0 Å². The number of nitrogens with one attached hydrogen (secondary N) is 1. The summed E-state index contributed by atoms with van der Waals surface area (Å²) in [6, 6.07) is 8.60. The van der Waals surface area contributed by atoms with Crippen LogP contribution in [-0.4, -0.2) is 28.4 Å². The molecule has 2 aliphatic heterocycles. The standard InChI is InChI=1S/C14H17NO2S/c16-14(17)12-6-5-10(15-12)8-11-7-9-3-1-2-4-13(9)18-11/h1-4,10-12,15H,5-8H2,(H,16,17). The molecule has 0 amide bonds. The van der Waals surface area contributed by atoms with Crippen molar-refractivity contribution in [2.24, 2.45) is 0 Å². The Morgan fingerprint density at radius 1 is 1.39 bits per heavy atom. The molecule has 96 valence electrons. The van der Waals surface area contributed by atoms with Gasteiger partial charge in [-0.15, -0.1) is 11.8 Å². The first-order valence-electron chi connectivity index (χ1n) is 6.46. The Kier molecular flexibility index (Phi) is 3.31. The summed E-state index contributed by atoms with van der Waals surface area (Å²) < 4.78 is 0. The monoisotopic (exact) mass is 263 g/mol. The third-order valence-corrected chi connectivity index (χ3v) is 5.14. The van der Waals surface area contributed by atoms with Crippen LogP contribution in [0.4, 0.5) is 0 Å². The van der Waals surface area contributed by atoms with Gasteiger partial charge in [-0.05, 0) is 37.3 Å². The second-order valence-corrected chi connectivity index (χ2v) is 6.46. The number of carbonyl (C=O) groups is 1. The van der Waals surface area contributed by atoms with E-state index in [2.05, 4.69) is 29.6 Å². The van der Waals surface area contributed by atoms with Crippen LogP contribution in [0.3, 0.4) is 0 Å². The van der Waals surface area contributed by atoms with Gasteiger partial charge in [0.15, 0.2) is 0 Å². The van der Waals surface area contributed by atoms with Gasteiger partial charge >= 0.3 is 5.97 Å². The summed E-state index contributed by atoms with van der Waals surface area (Å²) in [6.45, 7) is 0. The van der Waals surface area contributed by atoms with Crippen LogP contribution in [0.1, 0.15) is 24.8 Å². The van der Waals surface area contributed by atoms with E-state index in [1.165, 1.54) is 10.5 Å². The van der Waals surface area contributed by atoms with Crippen LogP contribution < -0.4 is 5.32 Å². The summed E-state index contributed by atoms with van der Waals surface area (Å²) in [5.74, 6) is -0.708. The molecule has 0 saturated carbocycles. The molecular formula is C14H17NO2S. The maximum Gasteiger partial charge on any atom is 0.320 e. The minimum absolute atomic E-state index is 0.330. The topological polar surface area (TPSA) is 49.3 Å². The summed E-state index contributed by atoms with van der Waals surface area (Å²) in [4.78, 5) is 12.3. The number of benzene rings is 1. The van der Waals surface area contributed by atoms with E-state index < -0.39 is 5.97 Å². The van der Waals surface area contributed by atoms with E-state index in [0.29, 0.717) is 11.3 Å². The van der Waals surface area contributed by atoms with Crippen molar-refractivity contribution in [3.05, 3.63) is 29.8 Å². The second-order valence-electron chi connectivity index (χ2n) is 5.12. The normalized spacial score (nSPS) is 30.3. The molecule has 3 atom stereocenters. The molecule has 0 spiro atoms. The van der Waals surface area contributed by atoms with E-state index in [1.54, 1.807) is 0 Å². The molecule has 0 radical (unpaired) electrons. The van der Waals surface area contributed by atoms with Gasteiger partial charge in [-0.3, -0.25) is 4.79 Å². The van der Waals surface area contributed by atoms with Crippen LogP contribution in [0.25, 0.3) is 0 Å². The van der Waals surface area contributed by atoms with Crippen molar-refractivity contribution in [3.8, 4) is 0 Å². The van der Waals surface area contributed by atoms with Gasteiger partial charge in [0.25, 0.3) is 0 Å². The van der Waals surface area contributed by atoms with E-state index in [4.69, 9.17) is 5.11 Å². The van der Waals surface area contributed by atoms with Gasteiger partial charge in [0.2, 0.25) is 0 Å². The van der Waals surface area contributed by atoms with Crippen LogP contribution in [-0.2, 0) is 11.2 Å². The predicted molar refractivity (Wildman–Crippen MR) is 72.0 cm³/mol. The molecule has 1 aromatic carbocycles. The van der Waals surface area contributed by atoms with E-state index in [0.717, 1.165) is 25.7 Å². The van der Waals surface area contributed by atoms with Crippen LogP contribution in [0.2, 0.25) is 0 Å². The number of hydrogen-bond acceptors (Lipinski definition) is 3. The molecule has 3 rings (SSSR count). The average Bonchev–Trinajstić information content (AvgIpc) is 2.94. The zero-order valence-electron chi connectivity index (χ0n) is 10.1. The Bertz CT molecular complexity index is 438. The van der Waals surface area contributed by atoms with Crippen molar-refractivity contribution in [2.45, 2.75) is 47.9 Å². The minimum Gasteiger partial charge on any atom is -0.480 e. The summed E-state index contributed by atoms with van der Waals surface area (Å²) >= 11 is 1.95. The molecule has 18 heavy (non-hydrogen) atoms. The van der Waals surface area contributed by atoms with Crippen molar-refractivity contribution in [2.75, 3.05) is 0 Å². The van der Waals surface area contributed by atoms with Crippen molar-refractivity contribution in [1.82, 2.24) is 5.32 Å². The van der Waals surface area contributed by atoms with Gasteiger partial charge in [-0.2, -0.15) is 0 Å². The van der Waals surface area contributed by atoms with Gasteiger partial charge < -0.3 is 10.4 Å². The third kappa shape index (κ3) is 2.40. The second kappa shape index (κ2) is 4.94. The number of thioether (sulfide) groups is 1. The highest BCUT2D eigenvalue weighted by Crippen LogP contribution is 2.39. The van der Waals surface area contributed by atoms with Crippen molar-refractivity contribution in [1.29, 1.82) is 0 Å². The molecule has 4 heteroatoms. The van der Waals surface area contributed by atoms with E-state index >= 15 is 0 Å². The molecule has 2 heterocycles. The van der Waals surface area contributed by atoms with Gasteiger partial charge in [-0.1, -0.05) is 18.2 Å². The van der Waals surface area contributed by atoms with Gasteiger partial charge in [0.1, 0.15) is 6.04 Å². The fraction of sp³-hybridized carbons (Fsp3) is 0.500. The largest absolute Gasteiger partial charge is 0.480 e. The molecule has 1 fully saturated rings. The molecule has 1 saturated heterocycles. The lowest BCUT2D eigenvalue weighted by atomic mass is 10.0. The summed E-state index contributed by atoms with van der Waals surface area (Å²) in [6.07, 6.45) is 3.95. The number of carboxylic acids is 1. The third-order valence-electron chi connectivity index (χ3n) is 3.80. The maximum absolute atomic E-state index is 10.9. The molecule has 0 aromatic heterocycles. The Morgan fingerprint density at radius 3 is 2.94 bits per heavy atom. The highest BCUT2D eigenvalue weighted by Gasteiger charge is 2.32. The quantitative estimate of drug-likeness (QED) is 0.878. The first kappa shape index (κ1) is 12.1. The Balaban J connectivity index is 1.56. The lowest BCUT2D eigenvalue weighted by molar-refractivity contribution is -0.139. The van der Waals surface area contributed by atoms with Crippen LogP contribution >= 0.6 is 11.8 Å². The molecule has 2 aliphatic rings. The Hall–Kier alpha value is -1.00. The Morgan fingerprint density at radius 2 is 2.22 bits per heavy atom. The molecule has 3 nitrogen and oxygen atoms in total. The van der Waals surface area contributed by atoms with Gasteiger partial charge in [-0.25, -0.2) is 0 Å². The summed E-state index contributed by atoms with van der Waals surface area (Å²) in [7, 11) is 0.